The number of nitrogens with one attached hydrogen (secondary N) is 2. The summed E-state index contributed by atoms with van der Waals surface area (Å²) in [6.45, 7) is 1.82. The molecule has 0 bridgehead atoms. The number of ether oxygens (including phenoxy) is 1. The Hall–Kier alpha value is -3.96. The molecular formula is C25H18BrFN4O2. The van der Waals surface area contributed by atoms with E-state index in [-0.39, 0.29) is 18.3 Å². The van der Waals surface area contributed by atoms with E-state index in [2.05, 4.69) is 37.3 Å². The number of carbonyl (C=O) groups excluding carboxylic acids is 1. The second kappa shape index (κ2) is 9.67. The molecule has 0 aliphatic heterocycles. The van der Waals surface area contributed by atoms with E-state index in [1.807, 2.05) is 31.2 Å². The smallest absolute Gasteiger partial charge is 0.262 e. The van der Waals surface area contributed by atoms with Crippen LogP contribution in [-0.4, -0.2) is 22.5 Å². The molecule has 2 N–H and O–H groups in total. The number of anilines is 1. The predicted molar refractivity (Wildman–Crippen MR) is 129 cm³/mol. The number of carbonyl (C=O) groups is 1. The van der Waals surface area contributed by atoms with Crippen molar-refractivity contribution in [1.29, 1.82) is 5.26 Å². The third-order valence-electron chi connectivity index (χ3n) is 4.78. The minimum atomic E-state index is -0.382. The number of H-pyrrole nitrogens is 1. The van der Waals surface area contributed by atoms with Gasteiger partial charge in [-0.3, -0.25) is 4.79 Å². The Morgan fingerprint density at radius 3 is 2.73 bits per heavy atom. The molecule has 0 atom stereocenters. The largest absolute Gasteiger partial charge is 0.483 e. The molecule has 0 radical (unpaired) electrons. The minimum Gasteiger partial charge on any atom is -0.483 e. The van der Waals surface area contributed by atoms with Gasteiger partial charge in [0.15, 0.2) is 6.61 Å². The number of aromatic amines is 1. The monoisotopic (exact) mass is 504 g/mol. The standard InChI is InChI=1S/C25H18BrFN4O2/c1-15-2-6-19(7-3-15)29-24(32)14-33-23-9-4-16(11-20(23)26)10-17(13-28)25-30-21-8-5-18(27)12-22(21)31-25/h2-12H,14H2,1H3,(H,29,32)(H,30,31)/b17-10-. The van der Waals surface area contributed by atoms with Gasteiger partial charge < -0.3 is 15.0 Å². The van der Waals surface area contributed by atoms with Crippen LogP contribution in [0.3, 0.4) is 0 Å². The summed E-state index contributed by atoms with van der Waals surface area (Å²) in [4.78, 5) is 19.5. The van der Waals surface area contributed by atoms with E-state index in [4.69, 9.17) is 4.74 Å². The number of amides is 1. The zero-order valence-electron chi connectivity index (χ0n) is 17.5. The van der Waals surface area contributed by atoms with Crippen LogP contribution in [0.2, 0.25) is 0 Å². The summed E-state index contributed by atoms with van der Waals surface area (Å²) >= 11 is 3.44. The third-order valence-corrected chi connectivity index (χ3v) is 5.40. The van der Waals surface area contributed by atoms with Crippen molar-refractivity contribution >= 4 is 50.2 Å². The number of aryl methyl sites for hydroxylation is 1. The zero-order chi connectivity index (χ0) is 23.4. The number of nitrogens with zero attached hydrogens (tertiary/aromatic N) is 2. The van der Waals surface area contributed by atoms with Crippen molar-refractivity contribution in [3.63, 3.8) is 0 Å². The van der Waals surface area contributed by atoms with Crippen LogP contribution in [0.1, 0.15) is 17.0 Å². The molecule has 0 saturated carbocycles. The summed E-state index contributed by atoms with van der Waals surface area (Å²) in [6, 6.07) is 19.0. The van der Waals surface area contributed by atoms with Crippen molar-refractivity contribution in [2.75, 3.05) is 11.9 Å². The second-order valence-corrected chi connectivity index (χ2v) is 8.16. The first-order chi connectivity index (χ1) is 15.9. The lowest BCUT2D eigenvalue weighted by molar-refractivity contribution is -0.118. The first-order valence-corrected chi connectivity index (χ1v) is 10.8. The topological polar surface area (TPSA) is 90.8 Å². The van der Waals surface area contributed by atoms with Crippen LogP contribution in [-0.2, 0) is 4.79 Å². The van der Waals surface area contributed by atoms with Crippen LogP contribution in [0.15, 0.2) is 65.1 Å². The molecule has 33 heavy (non-hydrogen) atoms. The van der Waals surface area contributed by atoms with Crippen molar-refractivity contribution in [3.05, 3.63) is 87.9 Å². The van der Waals surface area contributed by atoms with Crippen molar-refractivity contribution in [2.45, 2.75) is 6.92 Å². The molecule has 0 unspecified atom stereocenters. The fourth-order valence-electron chi connectivity index (χ4n) is 3.13. The highest BCUT2D eigenvalue weighted by molar-refractivity contribution is 9.10. The van der Waals surface area contributed by atoms with Gasteiger partial charge in [-0.2, -0.15) is 5.26 Å². The molecule has 0 spiro atoms. The van der Waals surface area contributed by atoms with Crippen LogP contribution >= 0.6 is 15.9 Å². The van der Waals surface area contributed by atoms with Crippen LogP contribution in [0.25, 0.3) is 22.7 Å². The lowest BCUT2D eigenvalue weighted by atomic mass is 10.1. The third kappa shape index (κ3) is 5.45. The summed E-state index contributed by atoms with van der Waals surface area (Å²) in [5, 5.41) is 12.4. The van der Waals surface area contributed by atoms with Gasteiger partial charge in [0.05, 0.1) is 21.1 Å². The highest BCUT2D eigenvalue weighted by atomic mass is 79.9. The first-order valence-electron chi connectivity index (χ1n) is 9.97. The van der Waals surface area contributed by atoms with Gasteiger partial charge in [-0.05, 0) is 77.0 Å². The molecule has 3 aromatic carbocycles. The van der Waals surface area contributed by atoms with E-state index in [1.165, 1.54) is 12.1 Å². The Bertz CT molecular complexity index is 1400. The Morgan fingerprint density at radius 2 is 2.00 bits per heavy atom. The molecule has 0 aliphatic carbocycles. The van der Waals surface area contributed by atoms with E-state index < -0.39 is 0 Å². The summed E-state index contributed by atoms with van der Waals surface area (Å²) in [6.07, 6.45) is 1.66. The maximum Gasteiger partial charge on any atom is 0.262 e. The number of hydrogen-bond acceptors (Lipinski definition) is 4. The van der Waals surface area contributed by atoms with Crippen LogP contribution < -0.4 is 10.1 Å². The maximum absolute atomic E-state index is 13.4. The molecule has 4 rings (SSSR count). The van der Waals surface area contributed by atoms with Crippen molar-refractivity contribution < 1.29 is 13.9 Å². The van der Waals surface area contributed by atoms with Crippen LogP contribution in [0.4, 0.5) is 10.1 Å². The van der Waals surface area contributed by atoms with E-state index in [9.17, 15) is 14.4 Å². The number of fused-ring (bicyclic) bond motifs is 1. The van der Waals surface area contributed by atoms with E-state index in [1.54, 1.807) is 30.3 Å². The lowest BCUT2D eigenvalue weighted by Gasteiger charge is -2.10. The molecular weight excluding hydrogens is 487 g/mol. The highest BCUT2D eigenvalue weighted by Gasteiger charge is 2.11. The average Bonchev–Trinajstić information content (AvgIpc) is 3.21. The highest BCUT2D eigenvalue weighted by Crippen LogP contribution is 2.28. The quantitative estimate of drug-likeness (QED) is 0.322. The van der Waals surface area contributed by atoms with E-state index in [0.717, 1.165) is 11.1 Å². The van der Waals surface area contributed by atoms with Crippen LogP contribution in [0, 0.1) is 24.1 Å². The number of allylic oxidation sites excluding steroid dienone is 1. The van der Waals surface area contributed by atoms with Gasteiger partial charge in [-0.25, -0.2) is 9.37 Å². The number of benzene rings is 3. The molecule has 1 heterocycles. The number of imidazole rings is 1. The van der Waals surface area contributed by atoms with Gasteiger partial charge in [0.2, 0.25) is 0 Å². The number of rotatable bonds is 6. The van der Waals surface area contributed by atoms with Gasteiger partial charge in [-0.15, -0.1) is 0 Å². The fourth-order valence-corrected chi connectivity index (χ4v) is 3.64. The first kappa shape index (κ1) is 22.2. The van der Waals surface area contributed by atoms with Gasteiger partial charge in [-0.1, -0.05) is 23.8 Å². The van der Waals surface area contributed by atoms with Gasteiger partial charge in [0.1, 0.15) is 23.5 Å². The Kier molecular flexibility index (Phi) is 6.52. The van der Waals surface area contributed by atoms with Crippen molar-refractivity contribution in [2.24, 2.45) is 0 Å². The normalized spacial score (nSPS) is 11.3. The summed E-state index contributed by atoms with van der Waals surface area (Å²) < 4.78 is 19.7. The van der Waals surface area contributed by atoms with Crippen LogP contribution in [0.5, 0.6) is 5.75 Å². The summed E-state index contributed by atoms with van der Waals surface area (Å²) in [7, 11) is 0. The average molecular weight is 505 g/mol. The molecule has 1 amide bonds. The van der Waals surface area contributed by atoms with Gasteiger partial charge in [0.25, 0.3) is 5.91 Å². The molecule has 1 aromatic heterocycles. The Labute approximate surface area is 197 Å². The number of nitriles is 1. The van der Waals surface area contributed by atoms with Gasteiger partial charge >= 0.3 is 0 Å². The number of aromatic nitrogens is 2. The SMILES string of the molecule is Cc1ccc(NC(=O)COc2ccc(/C=C(/C#N)c3nc4ccc(F)cc4[nH]3)cc2Br)cc1. The molecule has 0 aliphatic rings. The van der Waals surface area contributed by atoms with Crippen molar-refractivity contribution in [1.82, 2.24) is 9.97 Å². The summed E-state index contributed by atoms with van der Waals surface area (Å²) in [5.74, 6) is 0.182. The zero-order valence-corrected chi connectivity index (χ0v) is 19.1. The number of hydrogen-bond donors (Lipinski definition) is 2. The predicted octanol–water partition coefficient (Wildman–Crippen LogP) is 5.85. The molecule has 164 valence electrons. The van der Waals surface area contributed by atoms with Gasteiger partial charge in [0, 0.05) is 5.69 Å². The lowest BCUT2D eigenvalue weighted by Crippen LogP contribution is -2.20. The fraction of sp³-hybridized carbons (Fsp3) is 0.0800. The van der Waals surface area contributed by atoms with E-state index in [0.29, 0.717) is 38.3 Å². The minimum absolute atomic E-state index is 0.152. The second-order valence-electron chi connectivity index (χ2n) is 7.31. The molecule has 8 heteroatoms. The Balaban J connectivity index is 1.45. The summed E-state index contributed by atoms with van der Waals surface area (Å²) in [5.41, 5.74) is 3.91. The molecule has 0 saturated heterocycles. The molecule has 4 aromatic rings. The molecule has 0 fully saturated rings. The van der Waals surface area contributed by atoms with Crippen molar-refractivity contribution in [3.8, 4) is 11.8 Å². The maximum atomic E-state index is 13.4. The van der Waals surface area contributed by atoms with E-state index >= 15 is 0 Å². The Morgan fingerprint density at radius 1 is 1.21 bits per heavy atom. The number of halogens is 2. The molecule has 6 nitrogen and oxygen atoms in total.